The third-order valence-corrected chi connectivity index (χ3v) is 5.16. The minimum Gasteiger partial charge on any atom is -0.497 e. The molecule has 7 nitrogen and oxygen atoms in total. The predicted molar refractivity (Wildman–Crippen MR) is 101 cm³/mol. The Morgan fingerprint density at radius 3 is 2.74 bits per heavy atom. The largest absolute Gasteiger partial charge is 0.497 e. The van der Waals surface area contributed by atoms with E-state index < -0.39 is 0 Å². The number of aromatic nitrogens is 2. The van der Waals surface area contributed by atoms with E-state index in [0.29, 0.717) is 18.8 Å². The van der Waals surface area contributed by atoms with Crippen LogP contribution in [0.4, 0.5) is 0 Å². The van der Waals surface area contributed by atoms with E-state index in [1.165, 1.54) is 0 Å². The van der Waals surface area contributed by atoms with Gasteiger partial charge < -0.3 is 14.5 Å². The number of methoxy groups -OCH3 is 1. The van der Waals surface area contributed by atoms with Gasteiger partial charge in [-0.25, -0.2) is 0 Å². The smallest absolute Gasteiger partial charge is 0.274 e. The maximum absolute atomic E-state index is 13.0. The summed E-state index contributed by atoms with van der Waals surface area (Å²) in [5.41, 5.74) is 2.30. The van der Waals surface area contributed by atoms with Gasteiger partial charge in [-0.05, 0) is 37.1 Å². The Morgan fingerprint density at radius 2 is 2.04 bits per heavy atom. The van der Waals surface area contributed by atoms with E-state index in [2.05, 4.69) is 5.10 Å². The van der Waals surface area contributed by atoms with E-state index in [4.69, 9.17) is 4.74 Å². The zero-order valence-electron chi connectivity index (χ0n) is 16.3. The van der Waals surface area contributed by atoms with Gasteiger partial charge in [0.1, 0.15) is 5.75 Å². The van der Waals surface area contributed by atoms with Crippen molar-refractivity contribution in [3.63, 3.8) is 0 Å². The van der Waals surface area contributed by atoms with Crippen LogP contribution in [0.3, 0.4) is 0 Å². The summed E-state index contributed by atoms with van der Waals surface area (Å²) in [6.07, 6.45) is 0.831. The van der Waals surface area contributed by atoms with Crippen LogP contribution in [0.25, 0.3) is 0 Å². The molecule has 2 aromatic rings. The highest BCUT2D eigenvalue weighted by Crippen LogP contribution is 2.24. The van der Waals surface area contributed by atoms with Crippen molar-refractivity contribution in [1.82, 2.24) is 19.6 Å². The Morgan fingerprint density at radius 1 is 1.26 bits per heavy atom. The molecular weight excluding hydrogens is 344 g/mol. The highest BCUT2D eigenvalue weighted by Gasteiger charge is 2.25. The van der Waals surface area contributed by atoms with Crippen molar-refractivity contribution in [2.45, 2.75) is 39.4 Å². The van der Waals surface area contributed by atoms with Gasteiger partial charge in [0.15, 0.2) is 5.69 Å². The van der Waals surface area contributed by atoms with Gasteiger partial charge in [-0.3, -0.25) is 14.3 Å². The number of nitrogens with zero attached hydrogens (tertiary/aromatic N) is 4. The average molecular weight is 370 g/mol. The van der Waals surface area contributed by atoms with Crippen molar-refractivity contribution < 1.29 is 14.3 Å². The van der Waals surface area contributed by atoms with Crippen LogP contribution < -0.4 is 4.74 Å². The number of amides is 2. The third kappa shape index (κ3) is 3.97. The number of benzene rings is 1. The Hall–Kier alpha value is -2.83. The molecule has 1 atom stereocenters. The van der Waals surface area contributed by atoms with E-state index in [-0.39, 0.29) is 17.9 Å². The van der Waals surface area contributed by atoms with E-state index in [1.54, 1.807) is 36.9 Å². The van der Waals surface area contributed by atoms with Crippen LogP contribution in [0.1, 0.15) is 48.1 Å². The first-order chi connectivity index (χ1) is 12.9. The summed E-state index contributed by atoms with van der Waals surface area (Å²) in [5, 5.41) is 4.50. The minimum absolute atomic E-state index is 0.0429. The molecule has 0 bridgehead atoms. The molecule has 3 rings (SSSR count). The van der Waals surface area contributed by atoms with Crippen molar-refractivity contribution >= 4 is 11.8 Å². The molecule has 0 saturated carbocycles. The highest BCUT2D eigenvalue weighted by molar-refractivity contribution is 5.92. The van der Waals surface area contributed by atoms with Crippen LogP contribution in [-0.4, -0.2) is 52.1 Å². The maximum Gasteiger partial charge on any atom is 0.274 e. The normalized spacial score (nSPS) is 14.9. The average Bonchev–Trinajstić information content (AvgIpc) is 2.97. The zero-order valence-corrected chi connectivity index (χ0v) is 16.3. The summed E-state index contributed by atoms with van der Waals surface area (Å²) in [6, 6.07) is 9.38. The van der Waals surface area contributed by atoms with Crippen LogP contribution >= 0.6 is 0 Å². The fraction of sp³-hybridized carbons (Fsp3) is 0.450. The van der Waals surface area contributed by atoms with Gasteiger partial charge in [0.25, 0.3) is 5.91 Å². The van der Waals surface area contributed by atoms with E-state index >= 15 is 0 Å². The molecule has 2 heterocycles. The molecule has 1 aliphatic rings. The number of ether oxygens (including phenoxy) is 1. The van der Waals surface area contributed by atoms with Crippen LogP contribution in [0, 0.1) is 0 Å². The third-order valence-electron chi connectivity index (χ3n) is 5.16. The van der Waals surface area contributed by atoms with Crippen molar-refractivity contribution in [3.8, 4) is 5.75 Å². The number of fused-ring (bicyclic) bond motifs is 1. The molecule has 144 valence electrons. The summed E-state index contributed by atoms with van der Waals surface area (Å²) < 4.78 is 7.12. The second kappa shape index (κ2) is 7.82. The lowest BCUT2D eigenvalue weighted by Crippen LogP contribution is -2.30. The van der Waals surface area contributed by atoms with E-state index in [9.17, 15) is 9.59 Å². The molecule has 0 saturated heterocycles. The van der Waals surface area contributed by atoms with E-state index in [1.807, 2.05) is 35.9 Å². The zero-order chi connectivity index (χ0) is 19.6. The standard InChI is InChI=1S/C20H26N4O3/c1-14(16-7-5-8-18(11-16)27-4)22(3)20(26)19-12-17-13-23(15(2)25)9-6-10-24(17)21-19/h5,7-8,11-12,14H,6,9-10,13H2,1-4H3. The number of hydrogen-bond acceptors (Lipinski definition) is 4. The van der Waals surface area contributed by atoms with Crippen LogP contribution in [-0.2, 0) is 17.9 Å². The molecule has 0 radical (unpaired) electrons. The second-order valence-corrected chi connectivity index (χ2v) is 6.91. The topological polar surface area (TPSA) is 67.7 Å². The summed E-state index contributed by atoms with van der Waals surface area (Å²) in [4.78, 5) is 28.2. The molecule has 1 unspecified atom stereocenters. The lowest BCUT2D eigenvalue weighted by Gasteiger charge is -2.25. The lowest BCUT2D eigenvalue weighted by molar-refractivity contribution is -0.129. The molecule has 0 fully saturated rings. The number of hydrogen-bond donors (Lipinski definition) is 0. The Kier molecular flexibility index (Phi) is 5.48. The molecule has 0 N–H and O–H groups in total. The van der Waals surface area contributed by atoms with Gasteiger partial charge in [0.2, 0.25) is 5.91 Å². The van der Waals surface area contributed by atoms with Gasteiger partial charge in [0, 0.05) is 27.1 Å². The molecule has 2 amide bonds. The SMILES string of the molecule is COc1cccc(C(C)N(C)C(=O)c2cc3n(n2)CCCN(C(C)=O)C3)c1. The molecule has 0 aliphatic carbocycles. The monoisotopic (exact) mass is 370 g/mol. The molecule has 1 aromatic heterocycles. The second-order valence-electron chi connectivity index (χ2n) is 6.91. The van der Waals surface area contributed by atoms with Gasteiger partial charge in [0.05, 0.1) is 25.4 Å². The summed E-state index contributed by atoms with van der Waals surface area (Å²) >= 11 is 0. The summed E-state index contributed by atoms with van der Waals surface area (Å²) in [5.74, 6) is 0.666. The van der Waals surface area contributed by atoms with Crippen LogP contribution in [0.2, 0.25) is 0 Å². The van der Waals surface area contributed by atoms with E-state index in [0.717, 1.165) is 30.0 Å². The number of carbonyl (C=O) groups excluding carboxylic acids is 2. The molecule has 7 heteroatoms. The van der Waals surface area contributed by atoms with Crippen molar-refractivity contribution in [2.75, 3.05) is 20.7 Å². The predicted octanol–water partition coefficient (Wildman–Crippen LogP) is 2.48. The van der Waals surface area contributed by atoms with Gasteiger partial charge >= 0.3 is 0 Å². The first-order valence-corrected chi connectivity index (χ1v) is 9.14. The number of aryl methyl sites for hydroxylation is 1. The van der Waals surface area contributed by atoms with Gasteiger partial charge in [-0.1, -0.05) is 12.1 Å². The lowest BCUT2D eigenvalue weighted by atomic mass is 10.1. The Bertz CT molecular complexity index is 846. The van der Waals surface area contributed by atoms with Crippen molar-refractivity contribution in [2.24, 2.45) is 0 Å². The minimum atomic E-state index is -0.139. The molecular formula is C20H26N4O3. The van der Waals surface area contributed by atoms with Gasteiger partial charge in [-0.2, -0.15) is 5.10 Å². The maximum atomic E-state index is 13.0. The first kappa shape index (κ1) is 18.9. The highest BCUT2D eigenvalue weighted by atomic mass is 16.5. The number of rotatable bonds is 4. The molecule has 0 spiro atoms. The van der Waals surface area contributed by atoms with Crippen molar-refractivity contribution in [1.29, 1.82) is 0 Å². The Balaban J connectivity index is 1.79. The molecule has 1 aromatic carbocycles. The quantitative estimate of drug-likeness (QED) is 0.829. The summed E-state index contributed by atoms with van der Waals surface area (Å²) in [6.45, 7) is 5.47. The first-order valence-electron chi connectivity index (χ1n) is 9.14. The Labute approximate surface area is 159 Å². The number of carbonyl (C=O) groups is 2. The molecule has 1 aliphatic heterocycles. The fourth-order valence-electron chi connectivity index (χ4n) is 3.32. The van der Waals surface area contributed by atoms with Crippen LogP contribution in [0.15, 0.2) is 30.3 Å². The summed E-state index contributed by atoms with van der Waals surface area (Å²) in [7, 11) is 3.40. The van der Waals surface area contributed by atoms with Crippen LogP contribution in [0.5, 0.6) is 5.75 Å². The molecule has 27 heavy (non-hydrogen) atoms. The van der Waals surface area contributed by atoms with Crippen molar-refractivity contribution in [3.05, 3.63) is 47.3 Å². The fourth-order valence-corrected chi connectivity index (χ4v) is 3.32. The van der Waals surface area contributed by atoms with Gasteiger partial charge in [-0.15, -0.1) is 0 Å².